The Bertz CT molecular complexity index is 609. The summed E-state index contributed by atoms with van der Waals surface area (Å²) in [7, 11) is 0. The summed E-state index contributed by atoms with van der Waals surface area (Å²) < 4.78 is 0. The molecule has 0 aliphatic rings. The molecule has 0 radical (unpaired) electrons. The van der Waals surface area contributed by atoms with Crippen LogP contribution in [0.1, 0.15) is 11.1 Å². The highest BCUT2D eigenvalue weighted by Gasteiger charge is 2.07. The van der Waals surface area contributed by atoms with Crippen LogP contribution in [0.4, 0.5) is 16.2 Å². The van der Waals surface area contributed by atoms with Gasteiger partial charge in [0.25, 0.3) is 0 Å². The monoisotopic (exact) mass is 256 g/mol. The number of benzene rings is 2. The number of aromatic hydroxyl groups is 1. The maximum absolute atomic E-state index is 11.8. The maximum Gasteiger partial charge on any atom is 0.323 e. The number of hydrogen-bond donors (Lipinski definition) is 3. The molecule has 2 aromatic carbocycles. The summed E-state index contributed by atoms with van der Waals surface area (Å²) in [4.78, 5) is 11.8. The van der Waals surface area contributed by atoms with Gasteiger partial charge in [-0.1, -0.05) is 24.3 Å². The van der Waals surface area contributed by atoms with Crippen molar-refractivity contribution in [1.82, 2.24) is 0 Å². The highest BCUT2D eigenvalue weighted by atomic mass is 16.3. The normalized spacial score (nSPS) is 10.0. The van der Waals surface area contributed by atoms with Gasteiger partial charge in [0.1, 0.15) is 5.75 Å². The Morgan fingerprint density at radius 1 is 1.00 bits per heavy atom. The average Bonchev–Trinajstić information content (AvgIpc) is 2.36. The molecule has 0 fully saturated rings. The van der Waals surface area contributed by atoms with Crippen molar-refractivity contribution >= 4 is 17.4 Å². The number of urea groups is 1. The second kappa shape index (κ2) is 5.44. The Hall–Kier alpha value is -2.49. The molecule has 2 aromatic rings. The lowest BCUT2D eigenvalue weighted by atomic mass is 10.2. The molecule has 0 heterocycles. The Morgan fingerprint density at radius 2 is 1.68 bits per heavy atom. The lowest BCUT2D eigenvalue weighted by Crippen LogP contribution is -2.20. The molecule has 0 saturated carbocycles. The van der Waals surface area contributed by atoms with Crippen LogP contribution in [0.3, 0.4) is 0 Å². The molecule has 0 aromatic heterocycles. The molecular formula is C15H16N2O2. The van der Waals surface area contributed by atoms with Crippen LogP contribution in [0.15, 0.2) is 42.5 Å². The fourth-order valence-corrected chi connectivity index (χ4v) is 1.74. The zero-order valence-corrected chi connectivity index (χ0v) is 10.9. The molecule has 3 N–H and O–H groups in total. The minimum absolute atomic E-state index is 0.0555. The molecule has 0 bridgehead atoms. The Labute approximate surface area is 112 Å². The quantitative estimate of drug-likeness (QED) is 0.718. The Morgan fingerprint density at radius 3 is 2.37 bits per heavy atom. The second-order valence-electron chi connectivity index (χ2n) is 4.41. The molecule has 4 heteroatoms. The van der Waals surface area contributed by atoms with Gasteiger partial charge in [0, 0.05) is 5.69 Å². The second-order valence-corrected chi connectivity index (χ2v) is 4.41. The highest BCUT2D eigenvalue weighted by Crippen LogP contribution is 2.24. The summed E-state index contributed by atoms with van der Waals surface area (Å²) in [6.45, 7) is 3.79. The van der Waals surface area contributed by atoms with Crippen LogP contribution in [0.2, 0.25) is 0 Å². The molecule has 19 heavy (non-hydrogen) atoms. The summed E-state index contributed by atoms with van der Waals surface area (Å²) >= 11 is 0. The Kier molecular flexibility index (Phi) is 3.71. The molecular weight excluding hydrogens is 240 g/mol. The van der Waals surface area contributed by atoms with Crippen molar-refractivity contribution in [3.05, 3.63) is 53.6 Å². The minimum atomic E-state index is -0.381. The standard InChI is InChI=1S/C15H16N2O2/c1-10-7-8-13(14(18)9-10)17-15(19)16-12-6-4-3-5-11(12)2/h3-9,18H,1-2H3,(H2,16,17,19). The third-order valence-electron chi connectivity index (χ3n) is 2.79. The van der Waals surface area contributed by atoms with Crippen molar-refractivity contribution < 1.29 is 9.90 Å². The molecule has 0 atom stereocenters. The zero-order valence-electron chi connectivity index (χ0n) is 10.9. The number of carbonyl (C=O) groups excluding carboxylic acids is 1. The van der Waals surface area contributed by atoms with E-state index in [-0.39, 0.29) is 11.8 Å². The van der Waals surface area contributed by atoms with Gasteiger partial charge < -0.3 is 15.7 Å². The lowest BCUT2D eigenvalue weighted by Gasteiger charge is -2.11. The van der Waals surface area contributed by atoms with Gasteiger partial charge in [-0.3, -0.25) is 0 Å². The predicted octanol–water partition coefficient (Wildman–Crippen LogP) is 3.65. The number of nitrogens with one attached hydrogen (secondary N) is 2. The van der Waals surface area contributed by atoms with Gasteiger partial charge in [0.05, 0.1) is 5.69 Å². The van der Waals surface area contributed by atoms with Crippen LogP contribution in [0.5, 0.6) is 5.75 Å². The van der Waals surface area contributed by atoms with Gasteiger partial charge in [-0.2, -0.15) is 0 Å². The van der Waals surface area contributed by atoms with Crippen LogP contribution in [-0.4, -0.2) is 11.1 Å². The minimum Gasteiger partial charge on any atom is -0.506 e. The third-order valence-corrected chi connectivity index (χ3v) is 2.79. The molecule has 2 amide bonds. The van der Waals surface area contributed by atoms with Crippen LogP contribution in [-0.2, 0) is 0 Å². The average molecular weight is 256 g/mol. The maximum atomic E-state index is 11.8. The molecule has 4 nitrogen and oxygen atoms in total. The number of aryl methyl sites for hydroxylation is 2. The van der Waals surface area contributed by atoms with Crippen LogP contribution in [0, 0.1) is 13.8 Å². The molecule has 0 saturated heterocycles. The molecule has 0 aliphatic carbocycles. The summed E-state index contributed by atoms with van der Waals surface area (Å²) in [5, 5.41) is 15.1. The van der Waals surface area contributed by atoms with E-state index in [2.05, 4.69) is 10.6 Å². The van der Waals surface area contributed by atoms with Crippen molar-refractivity contribution in [2.24, 2.45) is 0 Å². The van der Waals surface area contributed by atoms with Gasteiger partial charge >= 0.3 is 6.03 Å². The van der Waals surface area contributed by atoms with E-state index in [1.54, 1.807) is 12.1 Å². The van der Waals surface area contributed by atoms with Gasteiger partial charge in [-0.15, -0.1) is 0 Å². The number of phenols is 1. The molecule has 0 spiro atoms. The van der Waals surface area contributed by atoms with Crippen LogP contribution < -0.4 is 10.6 Å². The molecule has 2 rings (SSSR count). The van der Waals surface area contributed by atoms with E-state index in [1.165, 1.54) is 0 Å². The summed E-state index contributed by atoms with van der Waals surface area (Å²) in [6.07, 6.45) is 0. The largest absolute Gasteiger partial charge is 0.506 e. The predicted molar refractivity (Wildman–Crippen MR) is 76.7 cm³/mol. The summed E-state index contributed by atoms with van der Waals surface area (Å²) in [6, 6.07) is 12.2. The third kappa shape index (κ3) is 3.25. The first-order valence-corrected chi connectivity index (χ1v) is 5.99. The molecule has 0 aliphatic heterocycles. The van der Waals surface area contributed by atoms with Gasteiger partial charge in [-0.25, -0.2) is 4.79 Å². The molecule has 0 unspecified atom stereocenters. The first-order valence-electron chi connectivity index (χ1n) is 5.99. The van der Waals surface area contributed by atoms with E-state index in [0.717, 1.165) is 16.8 Å². The molecule has 98 valence electrons. The number of rotatable bonds is 2. The van der Waals surface area contributed by atoms with Crippen LogP contribution >= 0.6 is 0 Å². The number of anilines is 2. The smallest absolute Gasteiger partial charge is 0.323 e. The van der Waals surface area contributed by atoms with Gasteiger partial charge in [0.2, 0.25) is 0 Å². The fraction of sp³-hybridized carbons (Fsp3) is 0.133. The zero-order chi connectivity index (χ0) is 13.8. The number of phenolic OH excluding ortho intramolecular Hbond substituents is 1. The van der Waals surface area contributed by atoms with Crippen molar-refractivity contribution in [1.29, 1.82) is 0 Å². The van der Waals surface area contributed by atoms with E-state index in [0.29, 0.717) is 5.69 Å². The van der Waals surface area contributed by atoms with Crippen molar-refractivity contribution in [2.45, 2.75) is 13.8 Å². The van der Waals surface area contributed by atoms with E-state index in [1.807, 2.05) is 44.2 Å². The SMILES string of the molecule is Cc1ccc(NC(=O)Nc2ccccc2C)c(O)c1. The van der Waals surface area contributed by atoms with E-state index >= 15 is 0 Å². The number of hydrogen-bond acceptors (Lipinski definition) is 2. The topological polar surface area (TPSA) is 61.4 Å². The van der Waals surface area contributed by atoms with Gasteiger partial charge in [0.15, 0.2) is 0 Å². The van der Waals surface area contributed by atoms with Gasteiger partial charge in [-0.05, 0) is 43.2 Å². The Balaban J connectivity index is 2.08. The first kappa shape index (κ1) is 13.0. The van der Waals surface area contributed by atoms with Crippen molar-refractivity contribution in [3.8, 4) is 5.75 Å². The van der Waals surface area contributed by atoms with Crippen molar-refractivity contribution in [3.63, 3.8) is 0 Å². The van der Waals surface area contributed by atoms with E-state index in [4.69, 9.17) is 0 Å². The van der Waals surface area contributed by atoms with Crippen molar-refractivity contribution in [2.75, 3.05) is 10.6 Å². The highest BCUT2D eigenvalue weighted by molar-refractivity contribution is 6.01. The van der Waals surface area contributed by atoms with Crippen LogP contribution in [0.25, 0.3) is 0 Å². The number of para-hydroxylation sites is 1. The summed E-state index contributed by atoms with van der Waals surface area (Å²) in [5.74, 6) is 0.0555. The van der Waals surface area contributed by atoms with E-state index in [9.17, 15) is 9.90 Å². The number of carbonyl (C=O) groups is 1. The lowest BCUT2D eigenvalue weighted by molar-refractivity contribution is 0.262. The number of amides is 2. The van der Waals surface area contributed by atoms with E-state index < -0.39 is 0 Å². The summed E-state index contributed by atoms with van der Waals surface area (Å²) in [5.41, 5.74) is 3.04. The fourth-order valence-electron chi connectivity index (χ4n) is 1.74. The first-order chi connectivity index (χ1) is 9.06.